The second-order valence-corrected chi connectivity index (χ2v) is 6.41. The fraction of sp³-hybridized carbons (Fsp3) is 0.400. The van der Waals surface area contributed by atoms with Gasteiger partial charge in [-0.25, -0.2) is 0 Å². The van der Waals surface area contributed by atoms with Crippen LogP contribution in [0.3, 0.4) is 0 Å². The first-order valence-corrected chi connectivity index (χ1v) is 8.07. The predicted octanol–water partition coefficient (Wildman–Crippen LogP) is 4.38. The van der Waals surface area contributed by atoms with Crippen molar-refractivity contribution in [3.05, 3.63) is 70.8 Å². The van der Waals surface area contributed by atoms with Crippen LogP contribution in [-0.2, 0) is 6.42 Å². The van der Waals surface area contributed by atoms with Crippen molar-refractivity contribution in [1.29, 1.82) is 0 Å². The third-order valence-corrected chi connectivity index (χ3v) is 4.55. The van der Waals surface area contributed by atoms with E-state index in [1.165, 1.54) is 35.1 Å². The molecule has 0 saturated heterocycles. The molecule has 3 rings (SSSR count). The molecule has 0 aliphatic heterocycles. The SMILES string of the molecule is Cc1ccc(CC(CNC2CC2)c2ccccc2)cc1C. The van der Waals surface area contributed by atoms with E-state index in [2.05, 4.69) is 67.7 Å². The van der Waals surface area contributed by atoms with Crippen LogP contribution in [0.2, 0.25) is 0 Å². The van der Waals surface area contributed by atoms with E-state index in [1.54, 1.807) is 0 Å². The molecule has 2 aromatic carbocycles. The van der Waals surface area contributed by atoms with Gasteiger partial charge in [-0.05, 0) is 55.4 Å². The zero-order valence-corrected chi connectivity index (χ0v) is 13.1. The fourth-order valence-electron chi connectivity index (χ4n) is 2.84. The van der Waals surface area contributed by atoms with Crippen LogP contribution >= 0.6 is 0 Å². The molecule has 0 heterocycles. The topological polar surface area (TPSA) is 12.0 Å². The summed E-state index contributed by atoms with van der Waals surface area (Å²) in [5.74, 6) is 0.564. The molecule has 1 saturated carbocycles. The summed E-state index contributed by atoms with van der Waals surface area (Å²) in [6.45, 7) is 5.48. The lowest BCUT2D eigenvalue weighted by Crippen LogP contribution is -2.24. The quantitative estimate of drug-likeness (QED) is 0.827. The van der Waals surface area contributed by atoms with Gasteiger partial charge in [0.05, 0.1) is 0 Å². The molecule has 1 atom stereocenters. The number of aryl methyl sites for hydroxylation is 2. The van der Waals surface area contributed by atoms with Crippen molar-refractivity contribution in [1.82, 2.24) is 5.32 Å². The lowest BCUT2D eigenvalue weighted by Gasteiger charge is -2.19. The number of rotatable bonds is 6. The highest BCUT2D eigenvalue weighted by molar-refractivity contribution is 5.32. The van der Waals surface area contributed by atoms with Gasteiger partial charge in [0.25, 0.3) is 0 Å². The second kappa shape index (κ2) is 6.44. The fourth-order valence-corrected chi connectivity index (χ4v) is 2.84. The largest absolute Gasteiger partial charge is 0.313 e. The zero-order chi connectivity index (χ0) is 14.7. The normalized spacial score (nSPS) is 15.9. The van der Waals surface area contributed by atoms with Gasteiger partial charge in [0, 0.05) is 18.5 Å². The second-order valence-electron chi connectivity index (χ2n) is 6.41. The highest BCUT2D eigenvalue weighted by Crippen LogP contribution is 2.24. The maximum absolute atomic E-state index is 3.70. The maximum atomic E-state index is 3.70. The minimum atomic E-state index is 0.564. The summed E-state index contributed by atoms with van der Waals surface area (Å²) in [6, 6.07) is 18.6. The lowest BCUT2D eigenvalue weighted by molar-refractivity contribution is 0.577. The monoisotopic (exact) mass is 279 g/mol. The molecule has 1 nitrogen and oxygen atoms in total. The molecule has 1 N–H and O–H groups in total. The Morgan fingerprint density at radius 2 is 1.76 bits per heavy atom. The molecule has 0 bridgehead atoms. The zero-order valence-electron chi connectivity index (χ0n) is 13.1. The maximum Gasteiger partial charge on any atom is 0.00684 e. The molecular weight excluding hydrogens is 254 g/mol. The smallest absolute Gasteiger partial charge is 0.00684 e. The Bertz CT molecular complexity index is 584. The van der Waals surface area contributed by atoms with Gasteiger partial charge in [0.1, 0.15) is 0 Å². The average molecular weight is 279 g/mol. The number of hydrogen-bond donors (Lipinski definition) is 1. The predicted molar refractivity (Wildman–Crippen MR) is 89.8 cm³/mol. The van der Waals surface area contributed by atoms with Crippen molar-refractivity contribution >= 4 is 0 Å². The third kappa shape index (κ3) is 3.95. The Hall–Kier alpha value is -1.60. The van der Waals surface area contributed by atoms with Crippen molar-refractivity contribution in [3.8, 4) is 0 Å². The van der Waals surface area contributed by atoms with E-state index in [-0.39, 0.29) is 0 Å². The van der Waals surface area contributed by atoms with Gasteiger partial charge in [-0.2, -0.15) is 0 Å². The highest BCUT2D eigenvalue weighted by atomic mass is 14.9. The summed E-state index contributed by atoms with van der Waals surface area (Å²) in [7, 11) is 0. The molecule has 0 spiro atoms. The molecule has 0 amide bonds. The summed E-state index contributed by atoms with van der Waals surface area (Å²) in [4.78, 5) is 0. The minimum absolute atomic E-state index is 0.564. The lowest BCUT2D eigenvalue weighted by atomic mass is 9.90. The van der Waals surface area contributed by atoms with E-state index < -0.39 is 0 Å². The Balaban J connectivity index is 1.75. The van der Waals surface area contributed by atoms with Crippen LogP contribution in [0.25, 0.3) is 0 Å². The molecular formula is C20H25N. The summed E-state index contributed by atoms with van der Waals surface area (Å²) < 4.78 is 0. The van der Waals surface area contributed by atoms with Gasteiger partial charge in [0.2, 0.25) is 0 Å². The van der Waals surface area contributed by atoms with Gasteiger partial charge >= 0.3 is 0 Å². The van der Waals surface area contributed by atoms with E-state index in [4.69, 9.17) is 0 Å². The minimum Gasteiger partial charge on any atom is -0.313 e. The van der Waals surface area contributed by atoms with E-state index >= 15 is 0 Å². The first-order valence-electron chi connectivity index (χ1n) is 8.07. The van der Waals surface area contributed by atoms with E-state index in [0.29, 0.717) is 5.92 Å². The van der Waals surface area contributed by atoms with Gasteiger partial charge in [-0.3, -0.25) is 0 Å². The molecule has 1 aliphatic carbocycles. The van der Waals surface area contributed by atoms with Crippen molar-refractivity contribution in [2.24, 2.45) is 0 Å². The summed E-state index contributed by atoms with van der Waals surface area (Å²) in [6.07, 6.45) is 3.82. The van der Waals surface area contributed by atoms with Crippen molar-refractivity contribution < 1.29 is 0 Å². The Kier molecular flexibility index (Phi) is 4.40. The summed E-state index contributed by atoms with van der Waals surface area (Å²) >= 11 is 0. The summed E-state index contributed by atoms with van der Waals surface area (Å²) in [5, 5.41) is 3.70. The molecule has 110 valence electrons. The van der Waals surface area contributed by atoms with E-state index in [1.807, 2.05) is 0 Å². The Morgan fingerprint density at radius 3 is 2.43 bits per heavy atom. The molecule has 1 unspecified atom stereocenters. The summed E-state index contributed by atoms with van der Waals surface area (Å²) in [5.41, 5.74) is 5.68. The Labute approximate surface area is 128 Å². The van der Waals surface area contributed by atoms with Crippen molar-refractivity contribution in [3.63, 3.8) is 0 Å². The van der Waals surface area contributed by atoms with E-state index in [9.17, 15) is 0 Å². The van der Waals surface area contributed by atoms with Crippen LogP contribution < -0.4 is 5.32 Å². The average Bonchev–Trinajstić information content (AvgIpc) is 3.32. The standard InChI is InChI=1S/C20H25N/c1-15-8-9-17(12-16(15)2)13-19(14-21-20-10-11-20)18-6-4-3-5-7-18/h3-9,12,19-21H,10-11,13-14H2,1-2H3. The van der Waals surface area contributed by atoms with Gasteiger partial charge < -0.3 is 5.32 Å². The number of benzene rings is 2. The van der Waals surface area contributed by atoms with Crippen LogP contribution in [0.5, 0.6) is 0 Å². The van der Waals surface area contributed by atoms with Crippen LogP contribution in [0, 0.1) is 13.8 Å². The molecule has 0 radical (unpaired) electrons. The van der Waals surface area contributed by atoms with E-state index in [0.717, 1.165) is 19.0 Å². The van der Waals surface area contributed by atoms with Crippen LogP contribution in [0.15, 0.2) is 48.5 Å². The third-order valence-electron chi connectivity index (χ3n) is 4.55. The van der Waals surface area contributed by atoms with Crippen LogP contribution in [0.4, 0.5) is 0 Å². The first-order chi connectivity index (χ1) is 10.2. The molecule has 1 aliphatic rings. The first kappa shape index (κ1) is 14.3. The highest BCUT2D eigenvalue weighted by Gasteiger charge is 2.22. The van der Waals surface area contributed by atoms with Crippen molar-refractivity contribution in [2.45, 2.75) is 45.1 Å². The van der Waals surface area contributed by atoms with Gasteiger partial charge in [-0.15, -0.1) is 0 Å². The van der Waals surface area contributed by atoms with Gasteiger partial charge in [-0.1, -0.05) is 48.5 Å². The molecule has 2 aromatic rings. The molecule has 0 aromatic heterocycles. The number of hydrogen-bond acceptors (Lipinski definition) is 1. The van der Waals surface area contributed by atoms with Crippen LogP contribution in [-0.4, -0.2) is 12.6 Å². The number of nitrogens with one attached hydrogen (secondary N) is 1. The molecule has 1 fully saturated rings. The Morgan fingerprint density at radius 1 is 1.00 bits per heavy atom. The van der Waals surface area contributed by atoms with Gasteiger partial charge in [0.15, 0.2) is 0 Å². The molecule has 21 heavy (non-hydrogen) atoms. The molecule has 1 heteroatoms. The van der Waals surface area contributed by atoms with Crippen LogP contribution in [0.1, 0.15) is 41.0 Å². The van der Waals surface area contributed by atoms with Crippen molar-refractivity contribution in [2.75, 3.05) is 6.54 Å².